The van der Waals surface area contributed by atoms with Gasteiger partial charge in [-0.3, -0.25) is 4.68 Å². The summed E-state index contributed by atoms with van der Waals surface area (Å²) in [6.45, 7) is 5.54. The quantitative estimate of drug-likeness (QED) is 0.498. The van der Waals surface area contributed by atoms with Crippen molar-refractivity contribution in [3.05, 3.63) is 30.6 Å². The number of hydrogen-bond acceptors (Lipinski definition) is 7. The van der Waals surface area contributed by atoms with Gasteiger partial charge in [0.1, 0.15) is 11.4 Å². The molecular weight excluding hydrogens is 420 g/mol. The molecular formula is C20H22N6O4S. The number of nitrogens with zero attached hydrogens (tertiary/aromatic N) is 4. The van der Waals surface area contributed by atoms with Crippen molar-refractivity contribution in [3.8, 4) is 17.1 Å². The molecule has 3 heterocycles. The number of aromatic amines is 1. The zero-order valence-corrected chi connectivity index (χ0v) is 18.5. The lowest BCUT2D eigenvalue weighted by Gasteiger charge is -2.19. The number of hydrogen-bond donors (Lipinski definition) is 2. The highest BCUT2D eigenvalue weighted by Crippen LogP contribution is 2.31. The predicted octanol–water partition coefficient (Wildman–Crippen LogP) is 2.80. The Morgan fingerprint density at radius 3 is 2.68 bits per heavy atom. The van der Waals surface area contributed by atoms with Gasteiger partial charge in [0.25, 0.3) is 0 Å². The molecule has 3 aromatic heterocycles. The molecule has 0 radical (unpaired) electrons. The van der Waals surface area contributed by atoms with Crippen LogP contribution in [-0.4, -0.2) is 51.0 Å². The third kappa shape index (κ3) is 4.08. The summed E-state index contributed by atoms with van der Waals surface area (Å²) in [4.78, 5) is 24.2. The summed E-state index contributed by atoms with van der Waals surface area (Å²) in [5, 5.41) is 7.85. The van der Waals surface area contributed by atoms with Crippen molar-refractivity contribution in [3.63, 3.8) is 0 Å². The SMILES string of the molecule is Cn1nc(-c2cnc3[nH]cc(OC(=O)NC(C)(C)C)c3n2)c2cc(S(C)(=O)=O)ccc21. The van der Waals surface area contributed by atoms with Gasteiger partial charge in [-0.2, -0.15) is 5.10 Å². The van der Waals surface area contributed by atoms with Gasteiger partial charge in [0.2, 0.25) is 0 Å². The van der Waals surface area contributed by atoms with Gasteiger partial charge in [-0.05, 0) is 39.0 Å². The van der Waals surface area contributed by atoms with E-state index < -0.39 is 21.5 Å². The third-order valence-electron chi connectivity index (χ3n) is 4.52. The maximum Gasteiger partial charge on any atom is 0.413 e. The molecule has 0 spiro atoms. The Morgan fingerprint density at radius 2 is 2.00 bits per heavy atom. The molecule has 0 aliphatic heterocycles. The van der Waals surface area contributed by atoms with Crippen LogP contribution in [0.3, 0.4) is 0 Å². The number of H-pyrrole nitrogens is 1. The highest BCUT2D eigenvalue weighted by atomic mass is 32.2. The van der Waals surface area contributed by atoms with Gasteiger partial charge >= 0.3 is 6.09 Å². The summed E-state index contributed by atoms with van der Waals surface area (Å²) in [5.74, 6) is 0.225. The third-order valence-corrected chi connectivity index (χ3v) is 5.63. The molecule has 4 rings (SSSR count). The zero-order chi connectivity index (χ0) is 22.6. The average molecular weight is 443 g/mol. The van der Waals surface area contributed by atoms with E-state index in [0.29, 0.717) is 27.9 Å². The van der Waals surface area contributed by atoms with Gasteiger partial charge in [0.15, 0.2) is 26.8 Å². The number of carbonyl (C=O) groups is 1. The molecule has 162 valence electrons. The number of benzene rings is 1. The van der Waals surface area contributed by atoms with E-state index in [1.165, 1.54) is 12.4 Å². The zero-order valence-electron chi connectivity index (χ0n) is 17.7. The van der Waals surface area contributed by atoms with Gasteiger partial charge in [-0.1, -0.05) is 0 Å². The number of aromatic nitrogens is 5. The van der Waals surface area contributed by atoms with Crippen molar-refractivity contribution in [2.75, 3.05) is 6.26 Å². The Labute approximate surface area is 178 Å². The van der Waals surface area contributed by atoms with Crippen LogP contribution in [-0.2, 0) is 16.9 Å². The first kappa shape index (κ1) is 20.8. The lowest BCUT2D eigenvalue weighted by atomic mass is 10.1. The molecule has 0 fully saturated rings. The van der Waals surface area contributed by atoms with Gasteiger partial charge < -0.3 is 15.0 Å². The first-order valence-electron chi connectivity index (χ1n) is 9.44. The summed E-state index contributed by atoms with van der Waals surface area (Å²) >= 11 is 0. The fourth-order valence-corrected chi connectivity index (χ4v) is 3.80. The monoisotopic (exact) mass is 442 g/mol. The molecule has 0 atom stereocenters. The summed E-state index contributed by atoms with van der Waals surface area (Å²) in [5.41, 5.74) is 2.00. The fraction of sp³-hybridized carbons (Fsp3) is 0.300. The molecule has 0 saturated heterocycles. The van der Waals surface area contributed by atoms with E-state index >= 15 is 0 Å². The van der Waals surface area contributed by atoms with Crippen molar-refractivity contribution in [2.45, 2.75) is 31.2 Å². The molecule has 4 aromatic rings. The maximum atomic E-state index is 12.2. The summed E-state index contributed by atoms with van der Waals surface area (Å²) in [6, 6.07) is 4.82. The van der Waals surface area contributed by atoms with Crippen LogP contribution in [0.5, 0.6) is 5.75 Å². The topological polar surface area (TPSA) is 132 Å². The van der Waals surface area contributed by atoms with Crippen molar-refractivity contribution in [1.29, 1.82) is 0 Å². The molecule has 0 aliphatic rings. The molecule has 0 aliphatic carbocycles. The van der Waals surface area contributed by atoms with Crippen LogP contribution < -0.4 is 10.1 Å². The molecule has 1 amide bonds. The number of sulfone groups is 1. The van der Waals surface area contributed by atoms with Crippen molar-refractivity contribution in [1.82, 2.24) is 30.0 Å². The van der Waals surface area contributed by atoms with E-state index in [9.17, 15) is 13.2 Å². The van der Waals surface area contributed by atoms with E-state index in [2.05, 4.69) is 25.4 Å². The Hall–Kier alpha value is -3.47. The Morgan fingerprint density at radius 1 is 1.26 bits per heavy atom. The highest BCUT2D eigenvalue weighted by molar-refractivity contribution is 7.90. The van der Waals surface area contributed by atoms with Crippen LogP contribution in [0.15, 0.2) is 35.5 Å². The first-order valence-corrected chi connectivity index (χ1v) is 11.3. The molecule has 2 N–H and O–H groups in total. The van der Waals surface area contributed by atoms with Gasteiger partial charge in [0, 0.05) is 30.4 Å². The molecule has 0 saturated carbocycles. The summed E-state index contributed by atoms with van der Waals surface area (Å²) in [6.07, 6.45) is 3.59. The van der Waals surface area contributed by atoms with Crippen LogP contribution in [0.1, 0.15) is 20.8 Å². The van der Waals surface area contributed by atoms with Crippen LogP contribution >= 0.6 is 0 Å². The van der Waals surface area contributed by atoms with Crippen LogP contribution in [0, 0.1) is 0 Å². The summed E-state index contributed by atoms with van der Waals surface area (Å²) in [7, 11) is -1.62. The maximum absolute atomic E-state index is 12.2. The normalized spacial score (nSPS) is 12.4. The second kappa shape index (κ2) is 7.05. The lowest BCUT2D eigenvalue weighted by Crippen LogP contribution is -2.42. The number of ether oxygens (including phenoxy) is 1. The van der Waals surface area contributed by atoms with Crippen LogP contribution in [0.2, 0.25) is 0 Å². The first-order chi connectivity index (χ1) is 14.4. The van der Waals surface area contributed by atoms with Gasteiger partial charge in [-0.25, -0.2) is 23.2 Å². The second-order valence-electron chi connectivity index (χ2n) is 8.29. The highest BCUT2D eigenvalue weighted by Gasteiger charge is 2.20. The number of carbonyl (C=O) groups excluding carboxylic acids is 1. The predicted molar refractivity (Wildman–Crippen MR) is 116 cm³/mol. The van der Waals surface area contributed by atoms with E-state index in [1.54, 1.807) is 29.9 Å². The molecule has 0 unspecified atom stereocenters. The number of aryl methyl sites for hydroxylation is 1. The van der Waals surface area contributed by atoms with Crippen molar-refractivity contribution in [2.24, 2.45) is 7.05 Å². The standard InChI is InChI=1S/C20H22N6O4S/c1-20(2,3)24-19(27)30-15-10-22-18-17(15)23-13(9-21-18)16-12-8-11(31(5,28)29)6-7-14(12)26(4)25-16/h6-10H,1-5H3,(H,21,22)(H,24,27). The Kier molecular flexibility index (Phi) is 4.73. The number of nitrogens with one attached hydrogen (secondary N) is 2. The van der Waals surface area contributed by atoms with E-state index in [4.69, 9.17) is 4.74 Å². The van der Waals surface area contributed by atoms with Crippen LogP contribution in [0.25, 0.3) is 33.5 Å². The van der Waals surface area contributed by atoms with Gasteiger partial charge in [-0.15, -0.1) is 0 Å². The number of rotatable bonds is 3. The number of fused-ring (bicyclic) bond motifs is 2. The van der Waals surface area contributed by atoms with Crippen molar-refractivity contribution < 1.29 is 17.9 Å². The fourth-order valence-electron chi connectivity index (χ4n) is 3.16. The average Bonchev–Trinajstić information content (AvgIpc) is 3.20. The largest absolute Gasteiger partial charge is 0.413 e. The summed E-state index contributed by atoms with van der Waals surface area (Å²) < 4.78 is 31.1. The molecule has 1 aromatic carbocycles. The number of amides is 1. The lowest BCUT2D eigenvalue weighted by molar-refractivity contribution is 0.191. The minimum atomic E-state index is -3.39. The Balaban J connectivity index is 1.80. The molecule has 0 bridgehead atoms. The smallest absolute Gasteiger partial charge is 0.406 e. The second-order valence-corrected chi connectivity index (χ2v) is 10.3. The minimum Gasteiger partial charge on any atom is -0.406 e. The van der Waals surface area contributed by atoms with Crippen molar-refractivity contribution >= 4 is 38.0 Å². The van der Waals surface area contributed by atoms with Gasteiger partial charge in [0.05, 0.1) is 16.6 Å². The molecule has 31 heavy (non-hydrogen) atoms. The van der Waals surface area contributed by atoms with E-state index in [1.807, 2.05) is 20.8 Å². The molecule has 10 nitrogen and oxygen atoms in total. The van der Waals surface area contributed by atoms with Crippen LogP contribution in [0.4, 0.5) is 4.79 Å². The molecule has 11 heteroatoms. The minimum absolute atomic E-state index is 0.188. The van der Waals surface area contributed by atoms with E-state index in [0.717, 1.165) is 11.8 Å². The Bertz CT molecular complexity index is 1430. The van der Waals surface area contributed by atoms with E-state index in [-0.39, 0.29) is 10.6 Å².